The predicted molar refractivity (Wildman–Crippen MR) is 36.2 cm³/mol. The van der Waals surface area contributed by atoms with Crippen LogP contribution in [0.4, 0.5) is 0 Å². The van der Waals surface area contributed by atoms with E-state index < -0.39 is 11.6 Å². The molecule has 0 amide bonds. The van der Waals surface area contributed by atoms with Gasteiger partial charge in [0.05, 0.1) is 13.2 Å². The number of ether oxygens (including phenoxy) is 1. The molecular weight excluding hydrogens is 152 g/mol. The fourth-order valence-electron chi connectivity index (χ4n) is 0.338. The maximum atomic E-state index is 8.67. The predicted octanol–water partition coefficient (Wildman–Crippen LogP) is -1.39. The van der Waals surface area contributed by atoms with E-state index in [1.165, 1.54) is 0 Å². The monoisotopic (exact) mass is 166 g/mol. The zero-order chi connectivity index (χ0) is 9.12. The largest absolute Gasteiger partial charge is 0.404 e. The number of aliphatic hydroxyl groups is 4. The Labute approximate surface area is 64.9 Å². The molecule has 5 nitrogen and oxygen atoms in total. The Balaban J connectivity index is 3.70. The van der Waals surface area contributed by atoms with Gasteiger partial charge in [-0.15, -0.1) is 0 Å². The van der Waals surface area contributed by atoms with Crippen molar-refractivity contribution in [2.45, 2.75) is 20.0 Å². The quantitative estimate of drug-likeness (QED) is 0.386. The minimum Gasteiger partial charge on any atom is -0.396 e. The van der Waals surface area contributed by atoms with E-state index in [1.54, 1.807) is 13.8 Å². The molecule has 0 saturated heterocycles. The molecule has 0 unspecified atom stereocenters. The highest BCUT2D eigenvalue weighted by atomic mass is 16.9. The summed E-state index contributed by atoms with van der Waals surface area (Å²) in [6.45, 7) is 2.99. The third-order valence-electron chi connectivity index (χ3n) is 1.08. The first-order chi connectivity index (χ1) is 4.77. The van der Waals surface area contributed by atoms with Crippen LogP contribution in [0.2, 0.25) is 0 Å². The highest BCUT2D eigenvalue weighted by Gasteiger charge is 2.25. The van der Waals surface area contributed by atoms with Crippen LogP contribution in [0.15, 0.2) is 0 Å². The van der Waals surface area contributed by atoms with Crippen LogP contribution in [-0.2, 0) is 4.74 Å². The van der Waals surface area contributed by atoms with Gasteiger partial charge in [-0.3, -0.25) is 0 Å². The molecule has 0 bridgehead atoms. The second-order valence-electron chi connectivity index (χ2n) is 3.18. The van der Waals surface area contributed by atoms with Crippen LogP contribution in [0.3, 0.4) is 0 Å². The van der Waals surface area contributed by atoms with Crippen molar-refractivity contribution in [3.63, 3.8) is 0 Å². The molecule has 0 rings (SSSR count). The first-order valence-corrected chi connectivity index (χ1v) is 3.19. The van der Waals surface area contributed by atoms with E-state index in [9.17, 15) is 0 Å². The molecule has 11 heavy (non-hydrogen) atoms. The molecule has 68 valence electrons. The molecule has 0 aromatic carbocycles. The first-order valence-electron chi connectivity index (χ1n) is 3.19. The first kappa shape index (κ1) is 10.8. The lowest BCUT2D eigenvalue weighted by atomic mass is 9.97. The van der Waals surface area contributed by atoms with Crippen LogP contribution < -0.4 is 0 Å². The molecule has 0 spiro atoms. The van der Waals surface area contributed by atoms with Crippen molar-refractivity contribution in [2.24, 2.45) is 5.41 Å². The van der Waals surface area contributed by atoms with Gasteiger partial charge in [-0.1, -0.05) is 13.8 Å². The zero-order valence-corrected chi connectivity index (χ0v) is 6.61. The van der Waals surface area contributed by atoms with Crippen LogP contribution in [0.1, 0.15) is 13.8 Å². The van der Waals surface area contributed by atoms with E-state index >= 15 is 0 Å². The summed E-state index contributed by atoms with van der Waals surface area (Å²) in [6, 6.07) is 0. The topological polar surface area (TPSA) is 90.2 Å². The van der Waals surface area contributed by atoms with Crippen molar-refractivity contribution in [3.8, 4) is 0 Å². The molecule has 0 atom stereocenters. The average Bonchev–Trinajstić information content (AvgIpc) is 1.83. The van der Waals surface area contributed by atoms with Crippen LogP contribution in [0, 0.1) is 5.41 Å². The zero-order valence-electron chi connectivity index (χ0n) is 6.61. The fourth-order valence-corrected chi connectivity index (χ4v) is 0.338. The Morgan fingerprint density at radius 3 is 1.91 bits per heavy atom. The van der Waals surface area contributed by atoms with Crippen molar-refractivity contribution in [3.05, 3.63) is 0 Å². The van der Waals surface area contributed by atoms with Gasteiger partial charge < -0.3 is 25.2 Å². The van der Waals surface area contributed by atoms with E-state index in [1.807, 2.05) is 0 Å². The van der Waals surface area contributed by atoms with Crippen molar-refractivity contribution in [2.75, 3.05) is 13.2 Å². The molecule has 0 saturated carbocycles. The van der Waals surface area contributed by atoms with E-state index in [0.717, 1.165) is 0 Å². The maximum Gasteiger partial charge on any atom is 0.404 e. The Morgan fingerprint density at radius 2 is 1.64 bits per heavy atom. The van der Waals surface area contributed by atoms with E-state index in [-0.39, 0.29) is 13.2 Å². The molecule has 5 heteroatoms. The minimum absolute atomic E-state index is 0.146. The lowest BCUT2D eigenvalue weighted by Crippen LogP contribution is -2.36. The summed E-state index contributed by atoms with van der Waals surface area (Å²) in [6.07, 6.45) is -3.10. The van der Waals surface area contributed by atoms with E-state index in [2.05, 4.69) is 4.74 Å². The molecule has 0 fully saturated rings. The van der Waals surface area contributed by atoms with Crippen LogP contribution in [-0.4, -0.2) is 39.8 Å². The highest BCUT2D eigenvalue weighted by molar-refractivity contribution is 4.65. The van der Waals surface area contributed by atoms with Gasteiger partial charge in [0.2, 0.25) is 0 Å². The highest BCUT2D eigenvalue weighted by Crippen LogP contribution is 2.15. The summed E-state index contributed by atoms with van der Waals surface area (Å²) in [5.74, 6) is 0. The summed E-state index contributed by atoms with van der Waals surface area (Å²) >= 11 is 0. The molecular formula is C6H14O5. The third-order valence-corrected chi connectivity index (χ3v) is 1.08. The smallest absolute Gasteiger partial charge is 0.396 e. The third kappa shape index (κ3) is 6.21. The molecule has 0 heterocycles. The molecule has 0 aliphatic carbocycles. The average molecular weight is 166 g/mol. The van der Waals surface area contributed by atoms with Gasteiger partial charge in [0.1, 0.15) is 0 Å². The number of hydrogen-bond donors (Lipinski definition) is 4. The van der Waals surface area contributed by atoms with Crippen molar-refractivity contribution < 1.29 is 25.2 Å². The summed E-state index contributed by atoms with van der Waals surface area (Å²) in [5.41, 5.74) is -0.598. The maximum absolute atomic E-state index is 8.67. The molecule has 0 aliphatic heterocycles. The number of hydrogen-bond acceptors (Lipinski definition) is 5. The van der Waals surface area contributed by atoms with E-state index in [4.69, 9.17) is 20.4 Å². The van der Waals surface area contributed by atoms with Crippen molar-refractivity contribution in [1.82, 2.24) is 0 Å². The minimum atomic E-state index is -3.10. The fraction of sp³-hybridized carbons (Fsp3) is 1.00. The second kappa shape index (κ2) is 3.46. The summed E-state index contributed by atoms with van der Waals surface area (Å²) in [4.78, 5) is 0. The molecule has 0 aliphatic rings. The van der Waals surface area contributed by atoms with Gasteiger partial charge in [-0.05, 0) is 0 Å². The lowest BCUT2D eigenvalue weighted by Gasteiger charge is -2.24. The Morgan fingerprint density at radius 1 is 1.18 bits per heavy atom. The summed E-state index contributed by atoms with van der Waals surface area (Å²) in [5, 5.41) is 33.5. The number of rotatable bonds is 4. The molecule has 0 aromatic heterocycles. The van der Waals surface area contributed by atoms with Crippen molar-refractivity contribution in [1.29, 1.82) is 0 Å². The Kier molecular flexibility index (Phi) is 3.40. The Bertz CT molecular complexity index is 115. The van der Waals surface area contributed by atoms with Crippen LogP contribution in [0.5, 0.6) is 0 Å². The van der Waals surface area contributed by atoms with Crippen molar-refractivity contribution >= 4 is 0 Å². The molecule has 4 N–H and O–H groups in total. The Hall–Kier alpha value is -0.200. The van der Waals surface area contributed by atoms with Gasteiger partial charge in [-0.2, -0.15) is 0 Å². The van der Waals surface area contributed by atoms with Gasteiger partial charge in [0.15, 0.2) is 0 Å². The molecule has 0 radical (unpaired) electrons. The van der Waals surface area contributed by atoms with Crippen LogP contribution >= 0.6 is 0 Å². The summed E-state index contributed by atoms with van der Waals surface area (Å²) in [7, 11) is 0. The van der Waals surface area contributed by atoms with E-state index in [0.29, 0.717) is 0 Å². The summed E-state index contributed by atoms with van der Waals surface area (Å²) < 4.78 is 4.19. The van der Waals surface area contributed by atoms with Gasteiger partial charge in [-0.25, -0.2) is 0 Å². The molecule has 0 aromatic rings. The van der Waals surface area contributed by atoms with Gasteiger partial charge >= 0.3 is 6.16 Å². The number of aliphatic hydroxyl groups excluding tert-OH is 1. The standard InChI is InChI=1S/C6H14O5/c1-5(2,3-7)4-11-6(8,9)10/h7-10H,3-4H2,1-2H3. The van der Waals surface area contributed by atoms with Gasteiger partial charge in [0.25, 0.3) is 0 Å². The second-order valence-corrected chi connectivity index (χ2v) is 3.18. The van der Waals surface area contributed by atoms with Gasteiger partial charge in [0, 0.05) is 5.41 Å². The SMILES string of the molecule is CC(C)(CO)COC(O)(O)O. The van der Waals surface area contributed by atoms with Crippen LogP contribution in [0.25, 0.3) is 0 Å². The normalized spacial score (nSPS) is 13.6. The lowest BCUT2D eigenvalue weighted by molar-refractivity contribution is -0.458.